The second kappa shape index (κ2) is 8.70. The number of hydrogen-bond acceptors (Lipinski definition) is 6. The lowest BCUT2D eigenvalue weighted by Crippen LogP contribution is -2.44. The van der Waals surface area contributed by atoms with Gasteiger partial charge in [-0.15, -0.1) is 0 Å². The van der Waals surface area contributed by atoms with Crippen LogP contribution in [0, 0.1) is 5.82 Å². The normalized spacial score (nSPS) is 14.4. The number of amides is 2. The highest BCUT2D eigenvalue weighted by molar-refractivity contribution is 7.90. The van der Waals surface area contributed by atoms with Crippen molar-refractivity contribution in [3.63, 3.8) is 0 Å². The Labute approximate surface area is 177 Å². The Balaban J connectivity index is 0.00000256. The average molecular weight is 440 g/mol. The van der Waals surface area contributed by atoms with Gasteiger partial charge in [0.25, 0.3) is 10.0 Å². The van der Waals surface area contributed by atoms with Crippen molar-refractivity contribution in [3.05, 3.63) is 53.8 Å². The van der Waals surface area contributed by atoms with Crippen molar-refractivity contribution >= 4 is 33.4 Å². The van der Waals surface area contributed by atoms with Gasteiger partial charge in [0.1, 0.15) is 11.9 Å². The van der Waals surface area contributed by atoms with E-state index in [2.05, 4.69) is 10.1 Å². The molecule has 1 heterocycles. The maximum atomic E-state index is 13.5. The zero-order valence-corrected chi connectivity index (χ0v) is 17.3. The molecule has 0 bridgehead atoms. The van der Waals surface area contributed by atoms with Crippen LogP contribution in [0.5, 0.6) is 0 Å². The SMILES string of the molecule is COC(=O)NS(=O)(=O)c1ccc(NC(=O)[C@@H](C)N2CCCc3cc(F)ccc32)cc1.[HH].[HH]. The van der Waals surface area contributed by atoms with E-state index in [0.717, 1.165) is 31.2 Å². The van der Waals surface area contributed by atoms with Crippen molar-refractivity contribution in [3.8, 4) is 0 Å². The van der Waals surface area contributed by atoms with Gasteiger partial charge in [-0.3, -0.25) is 4.79 Å². The molecular weight excluding hydrogens is 413 g/mol. The summed E-state index contributed by atoms with van der Waals surface area (Å²) in [6, 6.07) is 9.43. The number of sulfonamides is 1. The van der Waals surface area contributed by atoms with E-state index in [1.54, 1.807) is 17.7 Å². The summed E-state index contributed by atoms with van der Waals surface area (Å²) in [5.41, 5.74) is 2.11. The highest BCUT2D eigenvalue weighted by atomic mass is 32.2. The monoisotopic (exact) mass is 439 g/mol. The van der Waals surface area contributed by atoms with E-state index in [1.807, 2.05) is 4.90 Å². The summed E-state index contributed by atoms with van der Waals surface area (Å²) in [6.45, 7) is 2.43. The molecule has 2 N–H and O–H groups in total. The fourth-order valence-electron chi connectivity index (χ4n) is 3.31. The molecule has 30 heavy (non-hydrogen) atoms. The van der Waals surface area contributed by atoms with Crippen LogP contribution in [0.1, 0.15) is 21.8 Å². The number of anilines is 2. The number of ether oxygens (including phenoxy) is 1. The largest absolute Gasteiger partial charge is 0.452 e. The van der Waals surface area contributed by atoms with Crippen molar-refractivity contribution in [2.75, 3.05) is 23.9 Å². The highest BCUT2D eigenvalue weighted by Gasteiger charge is 2.26. The smallest absolute Gasteiger partial charge is 0.420 e. The highest BCUT2D eigenvalue weighted by Crippen LogP contribution is 2.29. The zero-order chi connectivity index (χ0) is 21.9. The molecule has 1 aliphatic rings. The summed E-state index contributed by atoms with van der Waals surface area (Å²) in [6.07, 6.45) is 0.476. The molecule has 0 saturated heterocycles. The second-order valence-corrected chi connectivity index (χ2v) is 8.54. The second-order valence-electron chi connectivity index (χ2n) is 6.86. The first kappa shape index (κ1) is 21.6. The maximum Gasteiger partial charge on any atom is 0.420 e. The fraction of sp³-hybridized carbons (Fsp3) is 0.300. The van der Waals surface area contributed by atoms with Crippen LogP contribution in [0.15, 0.2) is 47.4 Å². The molecular formula is C20H26FN3O5S. The van der Waals surface area contributed by atoms with E-state index in [0.29, 0.717) is 12.2 Å². The number of halogens is 1. The summed E-state index contributed by atoms with van der Waals surface area (Å²) in [5, 5.41) is 2.75. The van der Waals surface area contributed by atoms with Crippen molar-refractivity contribution < 1.29 is 30.0 Å². The number of benzene rings is 2. The third-order valence-corrected chi connectivity index (χ3v) is 6.21. The van der Waals surface area contributed by atoms with Gasteiger partial charge in [-0.1, -0.05) is 0 Å². The Hall–Kier alpha value is -3.14. The summed E-state index contributed by atoms with van der Waals surface area (Å²) >= 11 is 0. The van der Waals surface area contributed by atoms with Crippen molar-refractivity contribution in [1.82, 2.24) is 4.72 Å². The Morgan fingerprint density at radius 3 is 2.57 bits per heavy atom. The standard InChI is InChI=1S/C20H22FN3O5S.2H2/c1-13(24-11-3-4-14-12-15(21)5-10-18(14)24)19(25)22-16-6-8-17(9-7-16)30(27,28)23-20(26)29-2;;/h5-10,12-13H,3-4,11H2,1-2H3,(H,22,25)(H,23,26);2*1H/t13-;;/m1../s1. The zero-order valence-electron chi connectivity index (χ0n) is 16.5. The molecule has 1 aliphatic heterocycles. The number of nitrogens with one attached hydrogen (secondary N) is 2. The lowest BCUT2D eigenvalue weighted by atomic mass is 10.00. The molecule has 2 aromatic carbocycles. The van der Waals surface area contributed by atoms with Crippen LogP contribution >= 0.6 is 0 Å². The first-order valence-electron chi connectivity index (χ1n) is 9.28. The summed E-state index contributed by atoms with van der Waals surface area (Å²) < 4.78 is 43.7. The molecule has 0 saturated carbocycles. The Kier molecular flexibility index (Phi) is 6.25. The van der Waals surface area contributed by atoms with E-state index >= 15 is 0 Å². The number of hydrogen-bond donors (Lipinski definition) is 2. The maximum absolute atomic E-state index is 13.5. The number of aryl methyl sites for hydroxylation is 1. The molecule has 8 nitrogen and oxygen atoms in total. The number of fused-ring (bicyclic) bond motifs is 1. The molecule has 2 aromatic rings. The van der Waals surface area contributed by atoms with Gasteiger partial charge in [-0.25, -0.2) is 22.3 Å². The number of carbonyl (C=O) groups is 2. The first-order valence-corrected chi connectivity index (χ1v) is 10.8. The molecule has 0 fully saturated rings. The third-order valence-electron chi connectivity index (χ3n) is 4.88. The summed E-state index contributed by atoms with van der Waals surface area (Å²) in [5.74, 6) is -0.583. The Bertz CT molecular complexity index is 1070. The quantitative estimate of drug-likeness (QED) is 0.742. The van der Waals surface area contributed by atoms with E-state index < -0.39 is 22.2 Å². The number of carbonyl (C=O) groups excluding carboxylic acids is 2. The van der Waals surface area contributed by atoms with E-state index in [1.165, 1.54) is 36.4 Å². The van der Waals surface area contributed by atoms with Gasteiger partial charge in [-0.05, 0) is 67.8 Å². The molecule has 0 unspecified atom stereocenters. The van der Waals surface area contributed by atoms with Crippen LogP contribution in [0.2, 0.25) is 0 Å². The van der Waals surface area contributed by atoms with Crippen molar-refractivity contribution in [2.45, 2.75) is 30.7 Å². The van der Waals surface area contributed by atoms with Crippen LogP contribution in [0.25, 0.3) is 0 Å². The first-order chi connectivity index (χ1) is 14.2. The minimum Gasteiger partial charge on any atom is -0.452 e. The van der Waals surface area contributed by atoms with Crippen LogP contribution in [0.4, 0.5) is 20.6 Å². The van der Waals surface area contributed by atoms with Crippen LogP contribution in [-0.2, 0) is 26.0 Å². The topological polar surface area (TPSA) is 105 Å². The van der Waals surface area contributed by atoms with E-state index in [-0.39, 0.29) is 19.5 Å². The van der Waals surface area contributed by atoms with Gasteiger partial charge in [0.2, 0.25) is 5.91 Å². The minimum atomic E-state index is -4.06. The molecule has 1 atom stereocenters. The summed E-state index contributed by atoms with van der Waals surface area (Å²) in [4.78, 5) is 25.7. The third kappa shape index (κ3) is 4.70. The fourth-order valence-corrected chi connectivity index (χ4v) is 4.23. The molecule has 0 spiro atoms. The summed E-state index contributed by atoms with van der Waals surface area (Å²) in [7, 11) is -3.01. The predicted octanol–water partition coefficient (Wildman–Crippen LogP) is 3.14. The van der Waals surface area contributed by atoms with E-state index in [4.69, 9.17) is 0 Å². The lowest BCUT2D eigenvalue weighted by Gasteiger charge is -2.35. The van der Waals surface area contributed by atoms with Gasteiger partial charge < -0.3 is 15.0 Å². The molecule has 0 aliphatic carbocycles. The van der Waals surface area contributed by atoms with Gasteiger partial charge in [0, 0.05) is 20.8 Å². The number of nitrogens with zero attached hydrogens (tertiary/aromatic N) is 1. The molecule has 2 amide bonds. The molecule has 3 rings (SSSR count). The predicted molar refractivity (Wildman–Crippen MR) is 114 cm³/mol. The number of methoxy groups -OCH3 is 1. The molecule has 0 radical (unpaired) electrons. The molecule has 10 heteroatoms. The average Bonchev–Trinajstić information content (AvgIpc) is 2.72. The van der Waals surface area contributed by atoms with Crippen LogP contribution in [-0.4, -0.2) is 40.1 Å². The van der Waals surface area contributed by atoms with Crippen molar-refractivity contribution in [2.24, 2.45) is 0 Å². The van der Waals surface area contributed by atoms with E-state index in [9.17, 15) is 22.4 Å². The van der Waals surface area contributed by atoms with Crippen LogP contribution in [0.3, 0.4) is 0 Å². The molecule has 164 valence electrons. The number of rotatable bonds is 5. The van der Waals surface area contributed by atoms with Gasteiger partial charge in [0.05, 0.1) is 12.0 Å². The molecule has 0 aromatic heterocycles. The van der Waals surface area contributed by atoms with Crippen molar-refractivity contribution in [1.29, 1.82) is 0 Å². The lowest BCUT2D eigenvalue weighted by molar-refractivity contribution is -0.117. The Morgan fingerprint density at radius 1 is 1.20 bits per heavy atom. The van der Waals surface area contributed by atoms with Gasteiger partial charge in [-0.2, -0.15) is 0 Å². The van der Waals surface area contributed by atoms with Gasteiger partial charge in [0.15, 0.2) is 0 Å². The van der Waals surface area contributed by atoms with Gasteiger partial charge >= 0.3 is 6.09 Å². The minimum absolute atomic E-state index is 0. The van der Waals surface area contributed by atoms with Crippen LogP contribution < -0.4 is 14.9 Å². The Morgan fingerprint density at radius 2 is 1.90 bits per heavy atom.